The predicted octanol–water partition coefficient (Wildman–Crippen LogP) is 0.706. The Bertz CT molecular complexity index is 504. The summed E-state index contributed by atoms with van der Waals surface area (Å²) in [6.45, 7) is 0. The molecule has 0 unspecified atom stereocenters. The Hall–Kier alpha value is -1.30. The van der Waals surface area contributed by atoms with Crippen LogP contribution in [-0.4, -0.2) is 34.0 Å². The number of benzene rings is 1. The van der Waals surface area contributed by atoms with Crippen LogP contribution in [0.1, 0.15) is 5.56 Å². The van der Waals surface area contributed by atoms with Crippen molar-refractivity contribution in [3.8, 4) is 0 Å². The van der Waals surface area contributed by atoms with E-state index in [4.69, 9.17) is 0 Å². The highest BCUT2D eigenvalue weighted by Gasteiger charge is 2.36. The highest BCUT2D eigenvalue weighted by molar-refractivity contribution is 9.10. The molecule has 1 aromatic carbocycles. The van der Waals surface area contributed by atoms with Gasteiger partial charge in [0.2, 0.25) is 0 Å². The molecule has 1 aliphatic carbocycles. The summed E-state index contributed by atoms with van der Waals surface area (Å²) in [6.07, 6.45) is -2.25. The fourth-order valence-electron chi connectivity index (χ4n) is 1.61. The number of hydrogen-bond acceptors (Lipinski definition) is 4. The van der Waals surface area contributed by atoms with Crippen molar-refractivity contribution in [3.63, 3.8) is 0 Å². The molecule has 4 nitrogen and oxygen atoms in total. The Morgan fingerprint density at radius 2 is 1.59 bits per heavy atom. The van der Waals surface area contributed by atoms with Crippen LogP contribution in [0.4, 0.5) is 0 Å². The van der Waals surface area contributed by atoms with Gasteiger partial charge < -0.3 is 10.2 Å². The van der Waals surface area contributed by atoms with Crippen molar-refractivity contribution in [2.24, 2.45) is 0 Å². The second-order valence-electron chi connectivity index (χ2n) is 3.72. The van der Waals surface area contributed by atoms with Gasteiger partial charge in [0.15, 0.2) is 17.7 Å². The lowest BCUT2D eigenvalue weighted by Crippen LogP contribution is -2.43. The standard InChI is InChI=1S/C12H9BrO4/c13-7-3-1-6(2-4-7)8-5-9(14)11(16)12(17)10(8)15/h1-5,11-12,16-17H/t11-,12+/m1/s1. The highest BCUT2D eigenvalue weighted by atomic mass is 79.9. The van der Waals surface area contributed by atoms with Crippen LogP contribution in [0.3, 0.4) is 0 Å². The fourth-order valence-corrected chi connectivity index (χ4v) is 1.88. The molecule has 2 N–H and O–H groups in total. The first kappa shape index (κ1) is 12.2. The molecule has 0 heterocycles. The van der Waals surface area contributed by atoms with E-state index >= 15 is 0 Å². The van der Waals surface area contributed by atoms with E-state index in [0.717, 1.165) is 10.5 Å². The van der Waals surface area contributed by atoms with Gasteiger partial charge >= 0.3 is 0 Å². The molecular formula is C12H9BrO4. The monoisotopic (exact) mass is 296 g/mol. The van der Waals surface area contributed by atoms with Crippen molar-refractivity contribution in [2.45, 2.75) is 12.2 Å². The van der Waals surface area contributed by atoms with Crippen molar-refractivity contribution in [3.05, 3.63) is 40.4 Å². The van der Waals surface area contributed by atoms with Crippen LogP contribution in [0.5, 0.6) is 0 Å². The van der Waals surface area contributed by atoms with E-state index in [1.165, 1.54) is 0 Å². The van der Waals surface area contributed by atoms with Crippen LogP contribution in [0.25, 0.3) is 5.57 Å². The van der Waals surface area contributed by atoms with Crippen LogP contribution in [-0.2, 0) is 9.59 Å². The van der Waals surface area contributed by atoms with Gasteiger partial charge in [-0.05, 0) is 23.8 Å². The van der Waals surface area contributed by atoms with Gasteiger partial charge in [0.1, 0.15) is 6.10 Å². The first-order chi connectivity index (χ1) is 8.00. The van der Waals surface area contributed by atoms with Crippen molar-refractivity contribution in [2.75, 3.05) is 0 Å². The molecule has 0 radical (unpaired) electrons. The van der Waals surface area contributed by atoms with Crippen molar-refractivity contribution in [1.29, 1.82) is 0 Å². The first-order valence-electron chi connectivity index (χ1n) is 4.92. The van der Waals surface area contributed by atoms with Crippen molar-refractivity contribution in [1.82, 2.24) is 0 Å². The lowest BCUT2D eigenvalue weighted by molar-refractivity contribution is -0.138. The van der Waals surface area contributed by atoms with E-state index in [1.807, 2.05) is 0 Å². The first-order valence-corrected chi connectivity index (χ1v) is 5.72. The topological polar surface area (TPSA) is 74.6 Å². The van der Waals surface area contributed by atoms with Crippen LogP contribution in [0, 0.1) is 0 Å². The smallest absolute Gasteiger partial charge is 0.195 e. The number of rotatable bonds is 1. The number of aliphatic hydroxyl groups excluding tert-OH is 2. The van der Waals surface area contributed by atoms with Gasteiger partial charge in [0, 0.05) is 10.0 Å². The number of Topliss-reactive ketones (excluding diaryl/α,β-unsaturated/α-hetero) is 1. The molecular weight excluding hydrogens is 288 g/mol. The Kier molecular flexibility index (Phi) is 3.24. The molecule has 5 heteroatoms. The average molecular weight is 297 g/mol. The van der Waals surface area contributed by atoms with E-state index < -0.39 is 23.8 Å². The molecule has 17 heavy (non-hydrogen) atoms. The summed E-state index contributed by atoms with van der Waals surface area (Å²) in [4.78, 5) is 23.1. The van der Waals surface area contributed by atoms with Crippen LogP contribution >= 0.6 is 15.9 Å². The zero-order valence-corrected chi connectivity index (χ0v) is 10.2. The van der Waals surface area contributed by atoms with Gasteiger partial charge in [-0.3, -0.25) is 9.59 Å². The average Bonchev–Trinajstić information content (AvgIpc) is 2.32. The van der Waals surface area contributed by atoms with Crippen LogP contribution in [0.15, 0.2) is 34.8 Å². The summed E-state index contributed by atoms with van der Waals surface area (Å²) < 4.78 is 0.844. The lowest BCUT2D eigenvalue weighted by atomic mass is 9.88. The number of halogens is 1. The maximum absolute atomic E-state index is 11.7. The van der Waals surface area contributed by atoms with E-state index in [1.54, 1.807) is 24.3 Å². The molecule has 1 aliphatic rings. The Morgan fingerprint density at radius 3 is 2.18 bits per heavy atom. The molecule has 2 atom stereocenters. The normalized spacial score (nSPS) is 24.8. The van der Waals surface area contributed by atoms with Gasteiger partial charge in [-0.2, -0.15) is 0 Å². The minimum Gasteiger partial charge on any atom is -0.382 e. The maximum Gasteiger partial charge on any atom is 0.195 e. The molecule has 0 saturated carbocycles. The lowest BCUT2D eigenvalue weighted by Gasteiger charge is -2.21. The molecule has 0 fully saturated rings. The second-order valence-corrected chi connectivity index (χ2v) is 4.64. The summed E-state index contributed by atoms with van der Waals surface area (Å²) in [5, 5.41) is 18.7. The third-order valence-electron chi connectivity index (χ3n) is 2.57. The Balaban J connectivity index is 2.45. The van der Waals surface area contributed by atoms with Gasteiger partial charge in [-0.25, -0.2) is 0 Å². The van der Waals surface area contributed by atoms with Gasteiger partial charge in [0.25, 0.3) is 0 Å². The molecule has 1 aromatic rings. The molecule has 0 amide bonds. The van der Waals surface area contributed by atoms with Crippen LogP contribution in [0.2, 0.25) is 0 Å². The summed E-state index contributed by atoms with van der Waals surface area (Å²) in [5.74, 6) is -1.30. The summed E-state index contributed by atoms with van der Waals surface area (Å²) in [5.41, 5.74) is 0.665. The number of aliphatic hydroxyl groups is 2. The van der Waals surface area contributed by atoms with Crippen molar-refractivity contribution < 1.29 is 19.8 Å². The molecule has 0 aliphatic heterocycles. The second kappa shape index (κ2) is 4.52. The van der Waals surface area contributed by atoms with Crippen LogP contribution < -0.4 is 0 Å². The highest BCUT2D eigenvalue weighted by Crippen LogP contribution is 2.24. The minimum atomic E-state index is -1.67. The third-order valence-corrected chi connectivity index (χ3v) is 3.10. The van der Waals surface area contributed by atoms with Gasteiger partial charge in [-0.15, -0.1) is 0 Å². The van der Waals surface area contributed by atoms with E-state index in [0.29, 0.717) is 5.56 Å². The molecule has 2 rings (SSSR count). The molecule has 0 spiro atoms. The number of carbonyl (C=O) groups excluding carboxylic acids is 2. The fraction of sp³-hybridized carbons (Fsp3) is 0.167. The molecule has 88 valence electrons. The van der Waals surface area contributed by atoms with Gasteiger partial charge in [0.05, 0.1) is 0 Å². The van der Waals surface area contributed by atoms with E-state index in [9.17, 15) is 19.8 Å². The Labute approximate surface area is 106 Å². The Morgan fingerprint density at radius 1 is 1.00 bits per heavy atom. The SMILES string of the molecule is O=C1C=C(c2ccc(Br)cc2)C(=O)[C@H](O)[C@@H]1O. The maximum atomic E-state index is 11.7. The quantitative estimate of drug-likeness (QED) is 0.800. The number of ketones is 2. The largest absolute Gasteiger partial charge is 0.382 e. The van der Waals surface area contributed by atoms with Crippen molar-refractivity contribution >= 4 is 33.1 Å². The summed E-state index contributed by atoms with van der Waals surface area (Å²) in [6, 6.07) is 6.77. The molecule has 0 aromatic heterocycles. The van der Waals surface area contributed by atoms with E-state index in [-0.39, 0.29) is 5.57 Å². The zero-order valence-electron chi connectivity index (χ0n) is 8.63. The zero-order chi connectivity index (χ0) is 12.6. The third kappa shape index (κ3) is 2.22. The predicted molar refractivity (Wildman–Crippen MR) is 64.1 cm³/mol. The molecule has 0 bridgehead atoms. The van der Waals surface area contributed by atoms with E-state index in [2.05, 4.69) is 15.9 Å². The summed E-state index contributed by atoms with van der Waals surface area (Å²) in [7, 11) is 0. The number of hydrogen-bond donors (Lipinski definition) is 2. The minimum absolute atomic E-state index is 0.125. The molecule has 0 saturated heterocycles. The van der Waals surface area contributed by atoms with Gasteiger partial charge in [-0.1, -0.05) is 28.1 Å². The number of carbonyl (C=O) groups is 2. The summed E-state index contributed by atoms with van der Waals surface area (Å²) >= 11 is 3.26.